The van der Waals surface area contributed by atoms with Crippen molar-refractivity contribution in [2.24, 2.45) is 0 Å². The number of aromatic amines is 5. The number of halogens is 5. The average molecular weight is 2070 g/mol. The Morgan fingerprint density at radius 2 is 0.617 bits per heavy atom. The first-order valence-corrected chi connectivity index (χ1v) is 50.8. The van der Waals surface area contributed by atoms with E-state index in [9.17, 15) is 65.5 Å². The lowest BCUT2D eigenvalue weighted by Crippen LogP contribution is -2.37. The summed E-state index contributed by atoms with van der Waals surface area (Å²) in [7, 11) is 0. The van der Waals surface area contributed by atoms with Crippen LogP contribution in [0.3, 0.4) is 0 Å². The zero-order chi connectivity index (χ0) is 110. The molecule has 0 aliphatic carbocycles. The number of aryl methyl sites for hydroxylation is 9. The van der Waals surface area contributed by atoms with E-state index in [2.05, 4.69) is 71.8 Å². The number of carbonyl (C=O) groups excluding carboxylic acids is 10. The van der Waals surface area contributed by atoms with Crippen LogP contribution in [-0.4, -0.2) is 200 Å². The maximum atomic E-state index is 14.1. The Morgan fingerprint density at radius 3 is 0.899 bits per heavy atom. The molecule has 5 amide bonds. The zero-order valence-corrected chi connectivity index (χ0v) is 90.8. The molecule has 10 heterocycles. The van der Waals surface area contributed by atoms with Gasteiger partial charge in [0, 0.05) is 174 Å². The molecule has 5 aromatic heterocycles. The van der Waals surface area contributed by atoms with Crippen molar-refractivity contribution < 1.29 is 89.2 Å². The fraction of sp³-hybridized carbons (Fsp3) is 0.430. The number of nitrogens with one attached hydrogen (secondary N) is 5. The van der Waals surface area contributed by atoms with E-state index >= 15 is 0 Å². The number of benzene rings is 5. The van der Waals surface area contributed by atoms with E-state index in [1.54, 1.807) is 154 Å². The molecule has 0 saturated carbocycles. The van der Waals surface area contributed by atoms with Crippen molar-refractivity contribution in [2.75, 3.05) is 52.5 Å². The second-order valence-corrected chi connectivity index (χ2v) is 41.9. The molecule has 0 bridgehead atoms. The molecule has 0 unspecified atom stereocenters. The standard InChI is InChI=1S/2C24H30FN3O3.C23H28FN3O3.C22H26FN3O3.C21H24ClN3O3/c1-7-8-19-20-21(27-26-19)17(23(30)31-14(2)3)12-28(13-24(20,5)6)22(29)16-10-9-15(4)18(25)11-16;1-6-8-9-19-20-21(27-26-19)17(23(30)31-7-2)13-28(14-24(20,4)5)22(29)16-11-10-15(3)18(25)12-16;1-6-8-18-19-20(26-25-18)16(22(29)30-7-2)12-27(13-23(19,4)5)21(28)15-10-9-14(3)17(24)11-15;1-6-17-18-19(25-24-17)15(21(28)29-7-2)11-26(12-22(18,4)5)20(27)14-9-8-13(3)16(23)10-14;1-12(2)28-20(27)15-10-25(11-21(4,5)16-9-23-24-18(15)16)19(26)14-7-6-13(3)17(22)8-14/h9-12,14H,7-8,13H2,1-6H3,(H,26,27);10-13H,6-9,14H2,1-5H3,(H,26,27);9-12H,6-8,13H2,1-5H3,(H,25,26);8-11H,6-7,12H2,1-5H3,(H,24,25);6-10,12H,11H2,1-5H3,(H,23,24). The quantitative estimate of drug-likeness (QED) is 0.0226. The second-order valence-electron chi connectivity index (χ2n) is 41.5. The number of hydrogen-bond acceptors (Lipinski definition) is 20. The molecule has 149 heavy (non-hydrogen) atoms. The summed E-state index contributed by atoms with van der Waals surface area (Å²) < 4.78 is 82.9. The number of H-pyrrole nitrogens is 5. The fourth-order valence-electron chi connectivity index (χ4n) is 18.8. The van der Waals surface area contributed by atoms with Crippen LogP contribution in [0.25, 0.3) is 27.9 Å². The van der Waals surface area contributed by atoms with Crippen LogP contribution in [0.5, 0.6) is 0 Å². The Hall–Kier alpha value is -14.4. The Labute approximate surface area is 873 Å². The number of ether oxygens (including phenoxy) is 5. The van der Waals surface area contributed by atoms with Gasteiger partial charge in [0.05, 0.1) is 43.9 Å². The van der Waals surface area contributed by atoms with Gasteiger partial charge in [-0.3, -0.25) is 49.5 Å². The number of esters is 5. The van der Waals surface area contributed by atoms with E-state index < -0.39 is 80.2 Å². The molecular weight excluding hydrogens is 1930 g/mol. The molecule has 0 spiro atoms. The highest BCUT2D eigenvalue weighted by molar-refractivity contribution is 6.31. The molecule has 5 aromatic carbocycles. The lowest BCUT2D eigenvalue weighted by atomic mass is 9.81. The van der Waals surface area contributed by atoms with Crippen LogP contribution in [0.15, 0.2) is 128 Å². The van der Waals surface area contributed by atoms with Crippen molar-refractivity contribution in [3.63, 3.8) is 0 Å². The summed E-state index contributed by atoms with van der Waals surface area (Å²) in [6.45, 7) is 51.4. The van der Waals surface area contributed by atoms with E-state index in [0.717, 1.165) is 101 Å². The molecule has 0 saturated heterocycles. The van der Waals surface area contributed by atoms with Crippen LogP contribution in [-0.2, 0) is 100 Å². The van der Waals surface area contributed by atoms with Crippen LogP contribution in [0, 0.1) is 57.9 Å². The molecule has 30 nitrogen and oxygen atoms in total. The molecule has 5 aliphatic rings. The maximum Gasteiger partial charge on any atom is 0.342 e. The molecule has 5 aliphatic heterocycles. The van der Waals surface area contributed by atoms with Gasteiger partial charge in [-0.25, -0.2) is 41.5 Å². The van der Waals surface area contributed by atoms with Crippen LogP contribution in [0.4, 0.5) is 17.6 Å². The van der Waals surface area contributed by atoms with Crippen molar-refractivity contribution in [2.45, 2.75) is 271 Å². The number of hydrogen-bond donors (Lipinski definition) is 5. The van der Waals surface area contributed by atoms with Crippen molar-refractivity contribution in [3.05, 3.63) is 291 Å². The van der Waals surface area contributed by atoms with E-state index in [-0.39, 0.29) is 112 Å². The number of rotatable bonds is 23. The monoisotopic (exact) mass is 2070 g/mol. The highest BCUT2D eigenvalue weighted by Gasteiger charge is 2.46. The number of unbranched alkanes of at least 4 members (excludes halogenated alkanes) is 1. The number of aromatic nitrogens is 10. The lowest BCUT2D eigenvalue weighted by molar-refractivity contribution is -0.141. The first kappa shape index (κ1) is 115. The summed E-state index contributed by atoms with van der Waals surface area (Å²) in [5.41, 5.74) is 13.7. The predicted octanol–water partition coefficient (Wildman–Crippen LogP) is 21.1. The van der Waals surface area contributed by atoms with Crippen LogP contribution < -0.4 is 0 Å². The number of fused-ring (bicyclic) bond motifs is 5. The fourth-order valence-corrected chi connectivity index (χ4v) is 18.9. The molecule has 15 rings (SSSR count). The van der Waals surface area contributed by atoms with Gasteiger partial charge >= 0.3 is 29.8 Å². The van der Waals surface area contributed by atoms with Crippen molar-refractivity contribution in [1.29, 1.82) is 0 Å². The van der Waals surface area contributed by atoms with Crippen LogP contribution >= 0.6 is 11.6 Å². The third-order valence-corrected chi connectivity index (χ3v) is 26.5. The summed E-state index contributed by atoms with van der Waals surface area (Å²) in [6, 6.07) is 22.8. The van der Waals surface area contributed by atoms with E-state index in [1.165, 1.54) is 68.7 Å². The van der Waals surface area contributed by atoms with Gasteiger partial charge in [-0.05, 0) is 204 Å². The predicted molar refractivity (Wildman–Crippen MR) is 562 cm³/mol. The van der Waals surface area contributed by atoms with Gasteiger partial charge in [-0.2, -0.15) is 25.5 Å². The van der Waals surface area contributed by atoms with E-state index in [1.807, 2.05) is 89.2 Å². The Kier molecular flexibility index (Phi) is 37.2. The highest BCUT2D eigenvalue weighted by atomic mass is 35.5. The van der Waals surface area contributed by atoms with Gasteiger partial charge in [0.15, 0.2) is 0 Å². The first-order valence-electron chi connectivity index (χ1n) is 50.5. The molecule has 35 heteroatoms. The normalized spacial score (nSPS) is 15.4. The molecule has 0 radical (unpaired) electrons. The van der Waals surface area contributed by atoms with Crippen molar-refractivity contribution >= 4 is 98.8 Å². The zero-order valence-electron chi connectivity index (χ0n) is 90.1. The van der Waals surface area contributed by atoms with Crippen LogP contribution in [0.1, 0.15) is 330 Å². The maximum absolute atomic E-state index is 14.1. The summed E-state index contributed by atoms with van der Waals surface area (Å²) in [5, 5.41) is 37.5. The smallest absolute Gasteiger partial charge is 0.342 e. The van der Waals surface area contributed by atoms with Gasteiger partial charge in [-0.1, -0.05) is 158 Å². The molecule has 5 N–H and O–H groups in total. The largest absolute Gasteiger partial charge is 0.462 e. The summed E-state index contributed by atoms with van der Waals surface area (Å²) in [5.74, 6) is -6.20. The number of carbonyl (C=O) groups is 10. The van der Waals surface area contributed by atoms with Crippen molar-refractivity contribution in [1.82, 2.24) is 75.5 Å². The SMILES string of the molecule is CCCCc1[nH]nc2c1C(C)(C)CN(C(=O)c1ccc(C)c(F)c1)C=C2C(=O)OCC.CCCc1[nH]nc2c1C(C)(C)CN(C(=O)c1ccc(C)c(F)c1)C=C2C(=O)OC(C)C.CCCc1[nH]nc2c1C(C)(C)CN(C(=O)c1ccc(C)c(F)c1)C=C2C(=O)OCC.CCOC(=O)C1=CN(C(=O)c2ccc(C)c(F)c2)CC(C)(C)c2c1n[nH]c2CC.Cc1ccc(C(=O)N2C=C(C(=O)OC(C)C)c3[nH]ncc3C(C)(C)C2)cc1Cl. The third-order valence-electron chi connectivity index (χ3n) is 26.1. The third kappa shape index (κ3) is 26.3. The summed E-state index contributed by atoms with van der Waals surface area (Å²) >= 11 is 6.20. The topological polar surface area (TPSA) is 376 Å². The summed E-state index contributed by atoms with van der Waals surface area (Å²) in [4.78, 5) is 138. The lowest BCUT2D eigenvalue weighted by Gasteiger charge is -2.30. The summed E-state index contributed by atoms with van der Waals surface area (Å²) in [6.07, 6.45) is 15.5. The molecule has 0 fully saturated rings. The second kappa shape index (κ2) is 48.2. The van der Waals surface area contributed by atoms with Gasteiger partial charge < -0.3 is 48.2 Å². The van der Waals surface area contributed by atoms with E-state index in [4.69, 9.17) is 35.3 Å². The first-order chi connectivity index (χ1) is 70.2. The minimum absolute atomic E-state index is 0.205. The Balaban J connectivity index is 0.000000177. The van der Waals surface area contributed by atoms with Crippen LogP contribution in [0.2, 0.25) is 5.02 Å². The molecule has 0 atom stereocenters. The minimum atomic E-state index is -0.548. The van der Waals surface area contributed by atoms with Gasteiger partial charge in [0.25, 0.3) is 29.5 Å². The van der Waals surface area contributed by atoms with Gasteiger partial charge in [0.2, 0.25) is 0 Å². The number of nitrogens with zero attached hydrogens (tertiary/aromatic N) is 10. The molecule has 794 valence electrons. The van der Waals surface area contributed by atoms with Gasteiger partial charge in [0.1, 0.15) is 73.9 Å². The van der Waals surface area contributed by atoms with Crippen molar-refractivity contribution in [3.8, 4) is 0 Å². The average Bonchev–Trinajstić information content (AvgIpc) is 1.61. The Bertz CT molecular complexity index is 6890. The molecular formula is C114H138ClF4N15O15. The number of amides is 5. The highest BCUT2D eigenvalue weighted by Crippen LogP contribution is 2.45. The van der Waals surface area contributed by atoms with Gasteiger partial charge in [-0.15, -0.1) is 0 Å². The minimum Gasteiger partial charge on any atom is -0.462 e. The molecule has 10 aromatic rings. The van der Waals surface area contributed by atoms with E-state index in [0.29, 0.717) is 100 Å². The Morgan fingerprint density at radius 1 is 0.349 bits per heavy atom.